The zero-order chi connectivity index (χ0) is 14.6. The molecule has 21 heavy (non-hydrogen) atoms. The number of hydrogen-bond donors (Lipinski definition) is 1. The van der Waals surface area contributed by atoms with Crippen LogP contribution in [0.5, 0.6) is 0 Å². The molecule has 3 aliphatic heterocycles. The summed E-state index contributed by atoms with van der Waals surface area (Å²) < 4.78 is 6.42. The van der Waals surface area contributed by atoms with E-state index in [2.05, 4.69) is 33.9 Å². The molecule has 114 valence electrons. The summed E-state index contributed by atoms with van der Waals surface area (Å²) in [4.78, 5) is 13.3. The van der Waals surface area contributed by atoms with E-state index in [0.29, 0.717) is 23.8 Å². The minimum absolute atomic E-state index is 0.0271. The summed E-state index contributed by atoms with van der Waals surface area (Å²) in [5.74, 6) is 2.49. The highest BCUT2D eigenvalue weighted by atomic mass is 16.5. The van der Waals surface area contributed by atoms with Gasteiger partial charge in [0.15, 0.2) is 0 Å². The number of anilines is 2. The highest BCUT2D eigenvalue weighted by molar-refractivity contribution is 5.41. The molecule has 3 saturated heterocycles. The molecule has 0 aliphatic carbocycles. The SMILES string of the molecule is CN(C)C[C@H]1[C@H]2CN(c3nccc(N)n3)C[C@]23CC[C@H]1O3. The molecule has 3 aliphatic rings. The Labute approximate surface area is 125 Å². The van der Waals surface area contributed by atoms with Gasteiger partial charge in [-0.15, -0.1) is 0 Å². The van der Waals surface area contributed by atoms with Crippen molar-refractivity contribution in [2.24, 2.45) is 11.8 Å². The lowest BCUT2D eigenvalue weighted by Gasteiger charge is -2.30. The Balaban J connectivity index is 1.59. The van der Waals surface area contributed by atoms with Gasteiger partial charge in [-0.3, -0.25) is 0 Å². The topological polar surface area (TPSA) is 67.5 Å². The number of aromatic nitrogens is 2. The number of ether oxygens (including phenoxy) is 1. The molecule has 0 radical (unpaired) electrons. The van der Waals surface area contributed by atoms with Crippen molar-refractivity contribution in [2.45, 2.75) is 24.5 Å². The lowest BCUT2D eigenvalue weighted by molar-refractivity contribution is 0.0136. The van der Waals surface area contributed by atoms with Crippen molar-refractivity contribution < 1.29 is 4.74 Å². The van der Waals surface area contributed by atoms with Crippen molar-refractivity contribution >= 4 is 11.8 Å². The molecule has 6 heteroatoms. The van der Waals surface area contributed by atoms with Gasteiger partial charge in [0.2, 0.25) is 5.95 Å². The average Bonchev–Trinajstić information content (AvgIpc) is 3.08. The van der Waals surface area contributed by atoms with E-state index in [4.69, 9.17) is 10.5 Å². The lowest BCUT2D eigenvalue weighted by Crippen LogP contribution is -2.40. The Hall–Kier alpha value is -1.40. The van der Waals surface area contributed by atoms with Crippen LogP contribution < -0.4 is 10.6 Å². The van der Waals surface area contributed by atoms with Crippen LogP contribution in [0.2, 0.25) is 0 Å². The van der Waals surface area contributed by atoms with Gasteiger partial charge in [-0.25, -0.2) is 4.98 Å². The van der Waals surface area contributed by atoms with Crippen LogP contribution >= 0.6 is 0 Å². The standard InChI is InChI=1S/C15H23N5O/c1-19(2)7-10-11-8-20(14-17-6-4-13(16)18-14)9-15(11)5-3-12(10)21-15/h4,6,10-12H,3,5,7-9H2,1-2H3,(H2,16,17,18)/t10-,11+,12+,15+/m0/s1. The molecule has 1 spiro atoms. The third kappa shape index (κ3) is 2.00. The Bertz CT molecular complexity index is 551. The largest absolute Gasteiger partial charge is 0.384 e. The lowest BCUT2D eigenvalue weighted by atomic mass is 9.73. The molecule has 4 atom stereocenters. The van der Waals surface area contributed by atoms with Gasteiger partial charge >= 0.3 is 0 Å². The molecule has 4 heterocycles. The summed E-state index contributed by atoms with van der Waals surface area (Å²) >= 11 is 0. The highest BCUT2D eigenvalue weighted by Crippen LogP contribution is 2.55. The van der Waals surface area contributed by atoms with Crippen molar-refractivity contribution in [3.8, 4) is 0 Å². The summed E-state index contributed by atoms with van der Waals surface area (Å²) in [5.41, 5.74) is 5.82. The molecule has 4 rings (SSSR count). The summed E-state index contributed by atoms with van der Waals surface area (Å²) in [6.45, 7) is 2.99. The quantitative estimate of drug-likeness (QED) is 0.879. The van der Waals surface area contributed by atoms with Crippen molar-refractivity contribution in [1.82, 2.24) is 14.9 Å². The molecule has 0 unspecified atom stereocenters. The highest BCUT2D eigenvalue weighted by Gasteiger charge is 2.63. The zero-order valence-corrected chi connectivity index (χ0v) is 12.7. The van der Waals surface area contributed by atoms with Gasteiger partial charge in [-0.1, -0.05) is 0 Å². The first-order valence-corrected chi connectivity index (χ1v) is 7.73. The van der Waals surface area contributed by atoms with Crippen LogP contribution in [-0.4, -0.2) is 60.3 Å². The van der Waals surface area contributed by atoms with Gasteiger partial charge in [0.1, 0.15) is 5.82 Å². The van der Waals surface area contributed by atoms with E-state index < -0.39 is 0 Å². The summed E-state index contributed by atoms with van der Waals surface area (Å²) in [6, 6.07) is 1.73. The maximum absolute atomic E-state index is 6.42. The van der Waals surface area contributed by atoms with E-state index >= 15 is 0 Å². The second-order valence-corrected chi connectivity index (χ2v) is 6.95. The molecular formula is C15H23N5O. The average molecular weight is 289 g/mol. The fourth-order valence-electron chi connectivity index (χ4n) is 4.52. The van der Waals surface area contributed by atoms with Gasteiger partial charge in [0, 0.05) is 31.1 Å². The number of nitrogen functional groups attached to an aromatic ring is 1. The van der Waals surface area contributed by atoms with Crippen LogP contribution in [0.15, 0.2) is 12.3 Å². The smallest absolute Gasteiger partial charge is 0.227 e. The number of rotatable bonds is 3. The maximum atomic E-state index is 6.42. The van der Waals surface area contributed by atoms with E-state index in [-0.39, 0.29) is 5.60 Å². The number of nitrogens with zero attached hydrogens (tertiary/aromatic N) is 4. The van der Waals surface area contributed by atoms with Gasteiger partial charge in [-0.2, -0.15) is 4.98 Å². The molecule has 1 aromatic heterocycles. The second kappa shape index (κ2) is 4.55. The van der Waals surface area contributed by atoms with Crippen LogP contribution in [-0.2, 0) is 4.74 Å². The van der Waals surface area contributed by atoms with Crippen molar-refractivity contribution in [3.05, 3.63) is 12.3 Å². The Morgan fingerprint density at radius 1 is 1.52 bits per heavy atom. The van der Waals surface area contributed by atoms with E-state index in [1.54, 1.807) is 12.3 Å². The zero-order valence-electron chi connectivity index (χ0n) is 12.7. The Morgan fingerprint density at radius 3 is 3.14 bits per heavy atom. The van der Waals surface area contributed by atoms with Gasteiger partial charge in [0.25, 0.3) is 0 Å². The van der Waals surface area contributed by atoms with Crippen LogP contribution in [0.25, 0.3) is 0 Å². The van der Waals surface area contributed by atoms with Crippen LogP contribution in [0.1, 0.15) is 12.8 Å². The number of hydrogen-bond acceptors (Lipinski definition) is 6. The van der Waals surface area contributed by atoms with Crippen LogP contribution in [0, 0.1) is 11.8 Å². The van der Waals surface area contributed by atoms with Crippen LogP contribution in [0.4, 0.5) is 11.8 Å². The van der Waals surface area contributed by atoms with E-state index in [0.717, 1.165) is 25.6 Å². The molecule has 2 N–H and O–H groups in total. The first kappa shape index (κ1) is 13.3. The predicted molar refractivity (Wildman–Crippen MR) is 81.0 cm³/mol. The number of fused-ring (bicyclic) bond motifs is 1. The first-order valence-electron chi connectivity index (χ1n) is 7.73. The first-order chi connectivity index (χ1) is 10.1. The summed E-state index contributed by atoms with van der Waals surface area (Å²) in [6.07, 6.45) is 4.55. The monoisotopic (exact) mass is 289 g/mol. The van der Waals surface area contributed by atoms with E-state index in [1.165, 1.54) is 12.8 Å². The fraction of sp³-hybridized carbons (Fsp3) is 0.733. The Kier molecular flexibility index (Phi) is 2.87. The second-order valence-electron chi connectivity index (χ2n) is 6.95. The molecule has 1 aromatic rings. The van der Waals surface area contributed by atoms with Crippen molar-refractivity contribution in [2.75, 3.05) is 44.4 Å². The molecule has 2 bridgehead atoms. The molecule has 0 amide bonds. The number of nitrogens with two attached hydrogens (primary N) is 1. The van der Waals surface area contributed by atoms with E-state index in [1.807, 2.05) is 0 Å². The maximum Gasteiger partial charge on any atom is 0.227 e. The van der Waals surface area contributed by atoms with Gasteiger partial charge < -0.3 is 20.3 Å². The third-order valence-corrected chi connectivity index (χ3v) is 5.31. The summed E-state index contributed by atoms with van der Waals surface area (Å²) in [5, 5.41) is 0. The third-order valence-electron chi connectivity index (χ3n) is 5.31. The van der Waals surface area contributed by atoms with Gasteiger partial charge in [0.05, 0.1) is 18.2 Å². The molecule has 6 nitrogen and oxygen atoms in total. The predicted octanol–water partition coefficient (Wildman–Crippen LogP) is 0.604. The fourth-order valence-corrected chi connectivity index (χ4v) is 4.52. The van der Waals surface area contributed by atoms with Crippen molar-refractivity contribution in [1.29, 1.82) is 0 Å². The molecule has 0 saturated carbocycles. The van der Waals surface area contributed by atoms with Crippen molar-refractivity contribution in [3.63, 3.8) is 0 Å². The molecule has 3 fully saturated rings. The van der Waals surface area contributed by atoms with E-state index in [9.17, 15) is 0 Å². The minimum atomic E-state index is 0.0271. The normalized spacial score (nSPS) is 37.5. The minimum Gasteiger partial charge on any atom is -0.384 e. The molecule has 0 aromatic carbocycles. The van der Waals surface area contributed by atoms with Crippen LogP contribution in [0.3, 0.4) is 0 Å². The van der Waals surface area contributed by atoms with Gasteiger partial charge in [-0.05, 0) is 33.0 Å². The Morgan fingerprint density at radius 2 is 2.38 bits per heavy atom. The molecular weight excluding hydrogens is 266 g/mol. The summed E-state index contributed by atoms with van der Waals surface area (Å²) in [7, 11) is 4.29.